The summed E-state index contributed by atoms with van der Waals surface area (Å²) in [6.45, 7) is 8.45. The molecule has 0 amide bonds. The molecule has 0 atom stereocenters. The smallest absolute Gasteiger partial charge is 0.545 e. The summed E-state index contributed by atoms with van der Waals surface area (Å²) in [5.41, 5.74) is 0. The van der Waals surface area contributed by atoms with Crippen LogP contribution in [-0.2, 0) is 45.4 Å². The molecule has 9 heteroatoms. The van der Waals surface area contributed by atoms with Crippen molar-refractivity contribution in [3.05, 3.63) is 48.6 Å². The van der Waals surface area contributed by atoms with E-state index in [1.165, 1.54) is 25.7 Å². The molecule has 0 rings (SSSR count). The third-order valence-corrected chi connectivity index (χ3v) is 4.91. The van der Waals surface area contributed by atoms with E-state index in [9.17, 15) is 39.6 Å². The van der Waals surface area contributed by atoms with Crippen LogP contribution in [0.15, 0.2) is 48.6 Å². The Kier molecular flexibility index (Phi) is 52.9. The molecule has 0 bridgehead atoms. The normalized spacial score (nSPS) is 10.2. The molecule has 41 heavy (non-hydrogen) atoms. The van der Waals surface area contributed by atoms with Crippen molar-refractivity contribution in [1.29, 1.82) is 0 Å². The molecule has 0 N–H and O–H groups in total. The summed E-state index contributed by atoms with van der Waals surface area (Å²) >= 11 is 0. The van der Waals surface area contributed by atoms with E-state index < -0.39 is 23.9 Å². The van der Waals surface area contributed by atoms with Crippen LogP contribution in [0.25, 0.3) is 0 Å². The van der Waals surface area contributed by atoms with E-state index in [2.05, 4.69) is 27.7 Å². The van der Waals surface area contributed by atoms with Crippen LogP contribution in [0.5, 0.6) is 0 Å². The van der Waals surface area contributed by atoms with Crippen LogP contribution >= 0.6 is 0 Å². The van der Waals surface area contributed by atoms with Gasteiger partial charge in [0, 0.05) is 0 Å². The van der Waals surface area contributed by atoms with Crippen molar-refractivity contribution in [3.63, 3.8) is 0 Å². The van der Waals surface area contributed by atoms with E-state index in [-0.39, 0.29) is 26.2 Å². The van der Waals surface area contributed by atoms with Crippen LogP contribution in [-0.4, -0.2) is 23.9 Å². The van der Waals surface area contributed by atoms with Gasteiger partial charge >= 0.3 is 26.2 Å². The summed E-state index contributed by atoms with van der Waals surface area (Å²) in [4.78, 5) is 39.3. The van der Waals surface area contributed by atoms with Crippen molar-refractivity contribution in [1.82, 2.24) is 0 Å². The number of carbonyl (C=O) groups excluding carboxylic acids is 4. The Morgan fingerprint density at radius 2 is 0.561 bits per heavy atom. The minimum Gasteiger partial charge on any atom is -0.545 e. The van der Waals surface area contributed by atoms with Gasteiger partial charge in [0.2, 0.25) is 0 Å². The Hall–Kier alpha value is -2.28. The fourth-order valence-corrected chi connectivity index (χ4v) is 2.77. The summed E-state index contributed by atoms with van der Waals surface area (Å²) in [6.07, 6.45) is 27.9. The first kappa shape index (κ1) is 48.5. The number of unbranched alkanes of at least 4 members (excludes halogenated alkanes) is 12. The molecule has 0 aliphatic carbocycles. The monoisotopic (exact) mass is 654 g/mol. The van der Waals surface area contributed by atoms with Crippen LogP contribution in [0.1, 0.15) is 130 Å². The van der Waals surface area contributed by atoms with Crippen LogP contribution in [0, 0.1) is 0 Å². The molecule has 8 nitrogen and oxygen atoms in total. The van der Waals surface area contributed by atoms with Gasteiger partial charge < -0.3 is 39.6 Å². The predicted molar refractivity (Wildman–Crippen MR) is 153 cm³/mol. The van der Waals surface area contributed by atoms with E-state index >= 15 is 0 Å². The summed E-state index contributed by atoms with van der Waals surface area (Å²) in [7, 11) is 0. The van der Waals surface area contributed by atoms with Crippen molar-refractivity contribution in [3.8, 4) is 0 Å². The van der Waals surface area contributed by atoms with Crippen LogP contribution in [0.2, 0.25) is 0 Å². The van der Waals surface area contributed by atoms with E-state index in [0.29, 0.717) is 0 Å². The Labute approximate surface area is 267 Å². The van der Waals surface area contributed by atoms with E-state index in [1.54, 1.807) is 24.3 Å². The number of hydrogen-bond donors (Lipinski definition) is 0. The number of allylic oxidation sites excluding steroid dienone is 4. The molecule has 0 aliphatic rings. The fraction of sp³-hybridized carbons (Fsp3) is 0.625. The summed E-state index contributed by atoms with van der Waals surface area (Å²) in [6, 6.07) is 0. The molecule has 0 unspecified atom stereocenters. The maximum atomic E-state index is 9.83. The second kappa shape index (κ2) is 44.7. The standard InChI is InChI=1S/4C8H14O2.Zr/c4*1-2-3-4-5-6-7-8(9)10;/h4*6-7H,2-5H2,1H3,(H,9,10);/q;;;;+4/p-4. The van der Waals surface area contributed by atoms with Crippen LogP contribution in [0.3, 0.4) is 0 Å². The second-order valence-electron chi connectivity index (χ2n) is 8.87. The zero-order valence-corrected chi connectivity index (χ0v) is 28.2. The molecular weight excluding hydrogens is 604 g/mol. The number of carbonyl (C=O) groups is 4. The van der Waals surface area contributed by atoms with Crippen molar-refractivity contribution >= 4 is 23.9 Å². The molecule has 0 radical (unpaired) electrons. The average molecular weight is 656 g/mol. The van der Waals surface area contributed by atoms with Crippen molar-refractivity contribution in [2.75, 3.05) is 0 Å². The zero-order chi connectivity index (χ0) is 31.3. The molecular formula is C32H52O8Zr. The summed E-state index contributed by atoms with van der Waals surface area (Å²) in [5, 5.41) is 39.3. The molecule has 0 heterocycles. The molecule has 0 aromatic heterocycles. The first-order valence-electron chi connectivity index (χ1n) is 14.6. The van der Waals surface area contributed by atoms with Crippen molar-refractivity contribution in [2.24, 2.45) is 0 Å². The van der Waals surface area contributed by atoms with Gasteiger partial charge in [-0.05, 0) is 75.7 Å². The first-order chi connectivity index (χ1) is 19.1. The molecule has 0 saturated carbocycles. The molecule has 0 fully saturated rings. The van der Waals surface area contributed by atoms with Crippen LogP contribution < -0.4 is 20.4 Å². The minimum absolute atomic E-state index is 0. The molecule has 0 aromatic rings. The predicted octanol–water partition coefficient (Wildman–Crippen LogP) is 3.49. The van der Waals surface area contributed by atoms with E-state index in [1.807, 2.05) is 0 Å². The number of carboxylic acid groups (broad SMARTS) is 4. The number of carboxylic acids is 4. The van der Waals surface area contributed by atoms with Crippen LogP contribution in [0.4, 0.5) is 0 Å². The number of hydrogen-bond acceptors (Lipinski definition) is 8. The average Bonchev–Trinajstić information content (AvgIpc) is 2.89. The van der Waals surface area contributed by atoms with Gasteiger partial charge in [0.15, 0.2) is 0 Å². The molecule has 0 saturated heterocycles. The third kappa shape index (κ3) is 72.8. The van der Waals surface area contributed by atoms with Crippen molar-refractivity contribution in [2.45, 2.75) is 130 Å². The first-order valence-corrected chi connectivity index (χ1v) is 14.6. The van der Waals surface area contributed by atoms with Crippen molar-refractivity contribution < 1.29 is 65.8 Å². The maximum Gasteiger partial charge on any atom is 4.00 e. The topological polar surface area (TPSA) is 161 Å². The zero-order valence-electron chi connectivity index (χ0n) is 25.7. The molecule has 0 aliphatic heterocycles. The van der Waals surface area contributed by atoms with E-state index in [4.69, 9.17) is 0 Å². The van der Waals surface area contributed by atoms with Gasteiger partial charge in [0.25, 0.3) is 0 Å². The Bertz CT molecular complexity index is 592. The fourth-order valence-electron chi connectivity index (χ4n) is 2.77. The maximum absolute atomic E-state index is 9.83. The molecule has 0 aromatic carbocycles. The molecule has 232 valence electrons. The van der Waals surface area contributed by atoms with Gasteiger partial charge in [-0.15, -0.1) is 0 Å². The third-order valence-electron chi connectivity index (χ3n) is 4.91. The largest absolute Gasteiger partial charge is 4.00 e. The van der Waals surface area contributed by atoms with Gasteiger partial charge in [0.05, 0.1) is 23.9 Å². The van der Waals surface area contributed by atoms with Gasteiger partial charge in [-0.25, -0.2) is 0 Å². The Morgan fingerprint density at radius 1 is 0.390 bits per heavy atom. The second-order valence-corrected chi connectivity index (χ2v) is 8.87. The van der Waals surface area contributed by atoms with Gasteiger partial charge in [-0.2, -0.15) is 0 Å². The number of rotatable bonds is 20. The SMILES string of the molecule is CCCCCC=CC(=O)[O-].CCCCCC=CC(=O)[O-].CCCCCC=CC(=O)[O-].CCCCCC=CC(=O)[O-].[Zr+4]. The van der Waals surface area contributed by atoms with Gasteiger partial charge in [-0.3, -0.25) is 0 Å². The quantitative estimate of drug-likeness (QED) is 0.142. The van der Waals surface area contributed by atoms with E-state index in [0.717, 1.165) is 101 Å². The Balaban J connectivity index is -0.000000139. The Morgan fingerprint density at radius 3 is 0.683 bits per heavy atom. The summed E-state index contributed by atoms with van der Waals surface area (Å²) in [5.74, 6) is -4.40. The van der Waals surface area contributed by atoms with Gasteiger partial charge in [0.1, 0.15) is 0 Å². The molecule has 0 spiro atoms. The minimum atomic E-state index is -1.10. The van der Waals surface area contributed by atoms with Gasteiger partial charge in [-0.1, -0.05) is 103 Å². The summed E-state index contributed by atoms with van der Waals surface area (Å²) < 4.78 is 0. The number of aliphatic carboxylic acids is 4.